The fourth-order valence-corrected chi connectivity index (χ4v) is 3.69. The van der Waals surface area contributed by atoms with Gasteiger partial charge in [-0.25, -0.2) is 17.2 Å². The minimum absolute atomic E-state index is 0.0901. The Hall–Kier alpha value is -3.46. The smallest absolute Gasteiger partial charge is 0.232 e. The molecule has 160 valence electrons. The van der Waals surface area contributed by atoms with Crippen LogP contribution in [0.5, 0.6) is 11.5 Å². The van der Waals surface area contributed by atoms with Crippen LogP contribution in [0.3, 0.4) is 0 Å². The number of nitrogens with zero attached hydrogens (tertiary/aromatic N) is 1. The number of halogens is 2. The lowest BCUT2D eigenvalue weighted by atomic mass is 10.0. The molecule has 0 saturated carbocycles. The Balaban J connectivity index is 1.84. The van der Waals surface area contributed by atoms with Crippen LogP contribution in [0.25, 0.3) is 22.1 Å². The Labute approximate surface area is 177 Å². The number of rotatable bonds is 6. The number of benzene rings is 3. The fourth-order valence-electron chi connectivity index (χ4n) is 3.06. The van der Waals surface area contributed by atoms with Crippen LogP contribution in [0, 0.1) is 18.6 Å². The van der Waals surface area contributed by atoms with E-state index in [1.807, 2.05) is 6.07 Å². The predicted molar refractivity (Wildman–Crippen MR) is 114 cm³/mol. The molecule has 4 aromatic rings. The first-order valence-electron chi connectivity index (χ1n) is 9.39. The Morgan fingerprint density at radius 1 is 1.03 bits per heavy atom. The van der Waals surface area contributed by atoms with Crippen LogP contribution in [-0.2, 0) is 10.0 Å². The van der Waals surface area contributed by atoms with Crippen LogP contribution in [0.1, 0.15) is 12.6 Å². The van der Waals surface area contributed by atoms with Gasteiger partial charge in [0.1, 0.15) is 11.6 Å². The van der Waals surface area contributed by atoms with E-state index in [1.165, 1.54) is 25.1 Å². The molecule has 0 spiro atoms. The highest BCUT2D eigenvalue weighted by Crippen LogP contribution is 2.38. The summed E-state index contributed by atoms with van der Waals surface area (Å²) in [6.07, 6.45) is 0. The summed E-state index contributed by atoms with van der Waals surface area (Å²) in [7, 11) is -3.50. The summed E-state index contributed by atoms with van der Waals surface area (Å²) in [5, 5.41) is 4.71. The number of sulfonamides is 1. The van der Waals surface area contributed by atoms with Crippen LogP contribution in [-0.4, -0.2) is 19.3 Å². The minimum atomic E-state index is -3.50. The Bertz CT molecular complexity index is 1380. The highest BCUT2D eigenvalue weighted by molar-refractivity contribution is 7.92. The van der Waals surface area contributed by atoms with Gasteiger partial charge in [0.25, 0.3) is 0 Å². The van der Waals surface area contributed by atoms with Gasteiger partial charge in [0.05, 0.1) is 11.4 Å². The Kier molecular flexibility index (Phi) is 5.36. The second kappa shape index (κ2) is 7.99. The third-order valence-electron chi connectivity index (χ3n) is 4.71. The predicted octanol–water partition coefficient (Wildman–Crippen LogP) is 5.64. The molecule has 4 rings (SSSR count). The molecule has 0 aliphatic carbocycles. The maximum atomic E-state index is 14.2. The normalized spacial score (nSPS) is 11.6. The monoisotopic (exact) mass is 444 g/mol. The minimum Gasteiger partial charge on any atom is -0.454 e. The van der Waals surface area contributed by atoms with Crippen LogP contribution < -0.4 is 9.46 Å². The lowest BCUT2D eigenvalue weighted by Crippen LogP contribution is -2.14. The van der Waals surface area contributed by atoms with E-state index in [0.717, 1.165) is 17.5 Å². The number of anilines is 1. The van der Waals surface area contributed by atoms with Gasteiger partial charge < -0.3 is 9.26 Å². The summed E-state index contributed by atoms with van der Waals surface area (Å²) >= 11 is 0. The van der Waals surface area contributed by atoms with E-state index < -0.39 is 21.7 Å². The molecule has 0 aliphatic rings. The van der Waals surface area contributed by atoms with Crippen LogP contribution in [0.15, 0.2) is 59.1 Å². The number of fused-ring (bicyclic) bond motifs is 1. The number of ether oxygens (including phenoxy) is 1. The molecule has 9 heteroatoms. The summed E-state index contributed by atoms with van der Waals surface area (Å²) in [4.78, 5) is 0. The van der Waals surface area contributed by atoms with Gasteiger partial charge in [-0.2, -0.15) is 0 Å². The summed E-state index contributed by atoms with van der Waals surface area (Å²) in [5.41, 5.74) is 2.78. The lowest BCUT2D eigenvalue weighted by molar-refractivity contribution is 0.439. The zero-order valence-corrected chi connectivity index (χ0v) is 17.5. The van der Waals surface area contributed by atoms with Gasteiger partial charge in [-0.3, -0.25) is 4.72 Å². The molecule has 0 bridgehead atoms. The second-order valence-electron chi connectivity index (χ2n) is 6.87. The van der Waals surface area contributed by atoms with Gasteiger partial charge in [0, 0.05) is 22.7 Å². The fraction of sp³-hybridized carbons (Fsp3) is 0.136. The third kappa shape index (κ3) is 4.36. The van der Waals surface area contributed by atoms with Crippen LogP contribution in [0.2, 0.25) is 0 Å². The highest BCUT2D eigenvalue weighted by Gasteiger charge is 2.16. The Morgan fingerprint density at radius 2 is 1.81 bits per heavy atom. The maximum Gasteiger partial charge on any atom is 0.232 e. The van der Waals surface area contributed by atoms with Crippen molar-refractivity contribution in [2.45, 2.75) is 13.8 Å². The molecule has 1 aromatic heterocycles. The van der Waals surface area contributed by atoms with Crippen molar-refractivity contribution in [1.29, 1.82) is 0 Å². The van der Waals surface area contributed by atoms with Crippen molar-refractivity contribution < 1.29 is 26.5 Å². The van der Waals surface area contributed by atoms with Crippen molar-refractivity contribution in [3.05, 3.63) is 71.9 Å². The SMILES string of the molecule is CCS(=O)(=O)Nc1ccc(Oc2ccc(F)cc2F)c(-c2ccc3onc(C)c3c2)c1. The summed E-state index contributed by atoms with van der Waals surface area (Å²) < 4.78 is 64.9. The van der Waals surface area contributed by atoms with E-state index in [0.29, 0.717) is 28.1 Å². The van der Waals surface area contributed by atoms with E-state index in [2.05, 4.69) is 9.88 Å². The first-order chi connectivity index (χ1) is 14.8. The quantitative estimate of drug-likeness (QED) is 0.417. The molecule has 3 aromatic carbocycles. The molecule has 6 nitrogen and oxygen atoms in total. The van der Waals surface area contributed by atoms with Crippen molar-refractivity contribution in [1.82, 2.24) is 5.16 Å². The van der Waals surface area contributed by atoms with E-state index in [9.17, 15) is 17.2 Å². The third-order valence-corrected chi connectivity index (χ3v) is 6.01. The first-order valence-corrected chi connectivity index (χ1v) is 11.0. The first kappa shape index (κ1) is 20.8. The average molecular weight is 444 g/mol. The van der Waals surface area contributed by atoms with E-state index in [4.69, 9.17) is 9.26 Å². The van der Waals surface area contributed by atoms with Gasteiger partial charge in [0.15, 0.2) is 17.1 Å². The molecular weight excluding hydrogens is 426 g/mol. The van der Waals surface area contributed by atoms with E-state index in [1.54, 1.807) is 25.1 Å². The van der Waals surface area contributed by atoms with Gasteiger partial charge in [-0.1, -0.05) is 11.2 Å². The molecular formula is C22H18F2N2O4S. The van der Waals surface area contributed by atoms with Crippen LogP contribution in [0.4, 0.5) is 14.5 Å². The van der Waals surface area contributed by atoms with Gasteiger partial charge >= 0.3 is 0 Å². The van der Waals surface area contributed by atoms with Gasteiger partial charge in [-0.05, 0) is 61.9 Å². The largest absolute Gasteiger partial charge is 0.454 e. The van der Waals surface area contributed by atoms with Gasteiger partial charge in [-0.15, -0.1) is 0 Å². The molecule has 0 radical (unpaired) electrons. The molecule has 0 fully saturated rings. The molecule has 0 saturated heterocycles. The molecule has 1 N–H and O–H groups in total. The lowest BCUT2D eigenvalue weighted by Gasteiger charge is -2.15. The maximum absolute atomic E-state index is 14.2. The summed E-state index contributed by atoms with van der Waals surface area (Å²) in [5.74, 6) is -1.56. The molecule has 0 atom stereocenters. The van der Waals surface area contributed by atoms with Crippen LogP contribution >= 0.6 is 0 Å². The van der Waals surface area contributed by atoms with Crippen molar-refractivity contribution >= 4 is 26.7 Å². The number of nitrogens with one attached hydrogen (secondary N) is 1. The molecule has 0 unspecified atom stereocenters. The number of hydrogen-bond donors (Lipinski definition) is 1. The molecule has 0 aliphatic heterocycles. The molecule has 31 heavy (non-hydrogen) atoms. The van der Waals surface area contributed by atoms with Gasteiger partial charge in [0.2, 0.25) is 10.0 Å². The van der Waals surface area contributed by atoms with Crippen molar-refractivity contribution in [3.63, 3.8) is 0 Å². The highest BCUT2D eigenvalue weighted by atomic mass is 32.2. The standard InChI is InChI=1S/C22H18F2N2O4S/c1-3-31(27,28)26-16-6-9-20(29-22-8-5-15(23)11-19(22)24)18(12-16)14-4-7-21-17(10-14)13(2)25-30-21/h4-12,26H,3H2,1-2H3. The van der Waals surface area contributed by atoms with E-state index in [-0.39, 0.29) is 17.3 Å². The van der Waals surface area contributed by atoms with Crippen molar-refractivity contribution in [2.24, 2.45) is 0 Å². The summed E-state index contributed by atoms with van der Waals surface area (Å²) in [6, 6.07) is 12.9. The zero-order valence-electron chi connectivity index (χ0n) is 16.6. The van der Waals surface area contributed by atoms with Crippen molar-refractivity contribution in [3.8, 4) is 22.6 Å². The number of aryl methyl sites for hydroxylation is 1. The zero-order chi connectivity index (χ0) is 22.2. The van der Waals surface area contributed by atoms with Crippen molar-refractivity contribution in [2.75, 3.05) is 10.5 Å². The topological polar surface area (TPSA) is 81.4 Å². The summed E-state index contributed by atoms with van der Waals surface area (Å²) in [6.45, 7) is 3.33. The number of aromatic nitrogens is 1. The average Bonchev–Trinajstić information content (AvgIpc) is 3.11. The number of hydrogen-bond acceptors (Lipinski definition) is 5. The molecule has 1 heterocycles. The van der Waals surface area contributed by atoms with E-state index >= 15 is 0 Å². The second-order valence-corrected chi connectivity index (χ2v) is 8.88. The molecule has 0 amide bonds. The Morgan fingerprint density at radius 3 is 2.55 bits per heavy atom.